The van der Waals surface area contributed by atoms with Crippen molar-refractivity contribution in [2.45, 2.75) is 56.7 Å². The highest BCUT2D eigenvalue weighted by Gasteiger charge is 2.42. The summed E-state index contributed by atoms with van der Waals surface area (Å²) in [5.41, 5.74) is 0.217. The fourth-order valence-electron chi connectivity index (χ4n) is 2.90. The van der Waals surface area contributed by atoms with Crippen molar-refractivity contribution < 1.29 is 4.74 Å². The Hall–Kier alpha value is -0.970. The van der Waals surface area contributed by atoms with Crippen LogP contribution in [0.1, 0.15) is 44.3 Å². The van der Waals surface area contributed by atoms with E-state index in [2.05, 4.69) is 20.6 Å². The van der Waals surface area contributed by atoms with Gasteiger partial charge >= 0.3 is 0 Å². The van der Waals surface area contributed by atoms with Gasteiger partial charge in [-0.1, -0.05) is 18.1 Å². The van der Waals surface area contributed by atoms with Gasteiger partial charge in [0.25, 0.3) is 0 Å². The molecule has 5 heteroatoms. The SMILES string of the molecule is C1CCC2(C1)CCC(Cc1nn[nH]n1)O2. The maximum Gasteiger partial charge on any atom is 0.177 e. The fraction of sp³-hybridized carbons (Fsp3) is 0.900. The van der Waals surface area contributed by atoms with E-state index in [0.29, 0.717) is 6.10 Å². The number of hydrogen-bond acceptors (Lipinski definition) is 4. The smallest absolute Gasteiger partial charge is 0.177 e. The van der Waals surface area contributed by atoms with Gasteiger partial charge in [0.1, 0.15) is 0 Å². The monoisotopic (exact) mass is 208 g/mol. The lowest BCUT2D eigenvalue weighted by Gasteiger charge is -2.23. The molecule has 1 saturated heterocycles. The molecule has 1 atom stereocenters. The van der Waals surface area contributed by atoms with Gasteiger partial charge in [-0.25, -0.2) is 0 Å². The van der Waals surface area contributed by atoms with Gasteiger partial charge in [-0.3, -0.25) is 0 Å². The number of H-pyrrole nitrogens is 1. The van der Waals surface area contributed by atoms with Crippen LogP contribution in [0.5, 0.6) is 0 Å². The summed E-state index contributed by atoms with van der Waals surface area (Å²) in [6.07, 6.45) is 8.62. The van der Waals surface area contributed by atoms with Gasteiger partial charge in [0, 0.05) is 6.42 Å². The Balaban J connectivity index is 1.61. The Kier molecular flexibility index (Phi) is 2.20. The number of aromatic amines is 1. The first-order valence-corrected chi connectivity index (χ1v) is 5.76. The molecule has 0 amide bonds. The highest BCUT2D eigenvalue weighted by molar-refractivity contribution is 4.95. The van der Waals surface area contributed by atoms with Gasteiger partial charge in [0.15, 0.2) is 5.82 Å². The van der Waals surface area contributed by atoms with Crippen molar-refractivity contribution in [3.63, 3.8) is 0 Å². The summed E-state index contributed by atoms with van der Waals surface area (Å²) in [7, 11) is 0. The molecule has 0 aromatic carbocycles. The standard InChI is InChI=1S/C10H16N4O/c1-2-5-10(4-1)6-3-8(15-10)7-9-11-13-14-12-9/h8H,1-7H2,(H,11,12,13,14). The van der Waals surface area contributed by atoms with Crippen LogP contribution < -0.4 is 0 Å². The first-order valence-electron chi connectivity index (χ1n) is 5.76. The third kappa shape index (κ3) is 1.76. The van der Waals surface area contributed by atoms with Crippen molar-refractivity contribution in [2.24, 2.45) is 0 Å². The Bertz CT molecular complexity index is 318. The minimum atomic E-state index is 0.217. The van der Waals surface area contributed by atoms with E-state index in [0.717, 1.165) is 18.7 Å². The molecule has 2 fully saturated rings. The molecule has 15 heavy (non-hydrogen) atoms. The Labute approximate surface area is 88.6 Å². The molecule has 82 valence electrons. The zero-order valence-electron chi connectivity index (χ0n) is 8.78. The lowest BCUT2D eigenvalue weighted by Crippen LogP contribution is -2.25. The number of aromatic nitrogens is 4. The van der Waals surface area contributed by atoms with Crippen molar-refractivity contribution in [3.05, 3.63) is 5.82 Å². The third-order valence-electron chi connectivity index (χ3n) is 3.65. The molecule has 2 heterocycles. The Morgan fingerprint density at radius 2 is 2.20 bits per heavy atom. The molecule has 1 unspecified atom stereocenters. The van der Waals surface area contributed by atoms with Crippen LogP contribution >= 0.6 is 0 Å². The second-order valence-corrected chi connectivity index (χ2v) is 4.70. The normalized spacial score (nSPS) is 28.9. The highest BCUT2D eigenvalue weighted by Crippen LogP contribution is 2.43. The lowest BCUT2D eigenvalue weighted by molar-refractivity contribution is -0.0361. The van der Waals surface area contributed by atoms with Gasteiger partial charge < -0.3 is 4.74 Å². The van der Waals surface area contributed by atoms with E-state index in [1.807, 2.05) is 0 Å². The quantitative estimate of drug-likeness (QED) is 0.794. The second kappa shape index (κ2) is 3.56. The molecule has 3 rings (SSSR count). The molecule has 1 spiro atoms. The number of ether oxygens (including phenoxy) is 1. The molecule has 0 bridgehead atoms. The van der Waals surface area contributed by atoms with Crippen molar-refractivity contribution in [1.29, 1.82) is 0 Å². The first kappa shape index (κ1) is 9.27. The first-order chi connectivity index (χ1) is 7.36. The van der Waals surface area contributed by atoms with Crippen molar-refractivity contribution in [1.82, 2.24) is 20.6 Å². The van der Waals surface area contributed by atoms with Crippen LogP contribution in [0.15, 0.2) is 0 Å². The number of tetrazole rings is 1. The van der Waals surface area contributed by atoms with Gasteiger partial charge in [0.05, 0.1) is 11.7 Å². The van der Waals surface area contributed by atoms with Crippen LogP contribution in [0.4, 0.5) is 0 Å². The number of nitrogens with zero attached hydrogens (tertiary/aromatic N) is 3. The molecule has 2 aliphatic rings. The van der Waals surface area contributed by atoms with E-state index in [9.17, 15) is 0 Å². The van der Waals surface area contributed by atoms with E-state index in [1.165, 1.54) is 32.1 Å². The van der Waals surface area contributed by atoms with Crippen LogP contribution in [0, 0.1) is 0 Å². The average molecular weight is 208 g/mol. The van der Waals surface area contributed by atoms with Gasteiger partial charge in [0.2, 0.25) is 0 Å². The molecule has 1 aliphatic heterocycles. The third-order valence-corrected chi connectivity index (χ3v) is 3.65. The maximum atomic E-state index is 6.16. The van der Waals surface area contributed by atoms with E-state index in [1.54, 1.807) is 0 Å². The largest absolute Gasteiger partial charge is 0.371 e. The molecule has 0 radical (unpaired) electrons. The molecule has 5 nitrogen and oxygen atoms in total. The highest BCUT2D eigenvalue weighted by atomic mass is 16.5. The molecule has 1 N–H and O–H groups in total. The van der Waals surface area contributed by atoms with Gasteiger partial charge in [-0.2, -0.15) is 5.21 Å². The number of hydrogen-bond donors (Lipinski definition) is 1. The molecular weight excluding hydrogens is 192 g/mol. The predicted octanol–water partition coefficient (Wildman–Crippen LogP) is 1.23. The van der Waals surface area contributed by atoms with Crippen LogP contribution in [0.2, 0.25) is 0 Å². The summed E-state index contributed by atoms with van der Waals surface area (Å²) in [6.45, 7) is 0. The van der Waals surface area contributed by atoms with Crippen molar-refractivity contribution >= 4 is 0 Å². The number of nitrogens with one attached hydrogen (secondary N) is 1. The maximum absolute atomic E-state index is 6.16. The van der Waals surface area contributed by atoms with E-state index >= 15 is 0 Å². The number of rotatable bonds is 2. The molecule has 1 aliphatic carbocycles. The minimum absolute atomic E-state index is 0.217. The fourth-order valence-corrected chi connectivity index (χ4v) is 2.90. The average Bonchev–Trinajstić information content (AvgIpc) is 2.92. The molecular formula is C10H16N4O. The van der Waals surface area contributed by atoms with Crippen LogP contribution in [-0.4, -0.2) is 32.3 Å². The summed E-state index contributed by atoms with van der Waals surface area (Å²) in [5.74, 6) is 0.773. The summed E-state index contributed by atoms with van der Waals surface area (Å²) in [5, 5.41) is 14.0. The topological polar surface area (TPSA) is 63.7 Å². The zero-order valence-corrected chi connectivity index (χ0v) is 8.78. The summed E-state index contributed by atoms with van der Waals surface area (Å²) >= 11 is 0. The summed E-state index contributed by atoms with van der Waals surface area (Å²) in [6, 6.07) is 0. The van der Waals surface area contributed by atoms with Crippen molar-refractivity contribution in [2.75, 3.05) is 0 Å². The van der Waals surface area contributed by atoms with Crippen LogP contribution in [0.3, 0.4) is 0 Å². The lowest BCUT2D eigenvalue weighted by atomic mass is 9.98. The van der Waals surface area contributed by atoms with Gasteiger partial charge in [-0.05, 0) is 25.7 Å². The molecule has 1 saturated carbocycles. The minimum Gasteiger partial charge on any atom is -0.371 e. The van der Waals surface area contributed by atoms with Crippen molar-refractivity contribution in [3.8, 4) is 0 Å². The summed E-state index contributed by atoms with van der Waals surface area (Å²) in [4.78, 5) is 0. The molecule has 1 aromatic heterocycles. The zero-order chi connectivity index (χ0) is 10.1. The van der Waals surface area contributed by atoms with E-state index < -0.39 is 0 Å². The van der Waals surface area contributed by atoms with E-state index in [-0.39, 0.29) is 5.60 Å². The second-order valence-electron chi connectivity index (χ2n) is 4.70. The summed E-state index contributed by atoms with van der Waals surface area (Å²) < 4.78 is 6.16. The Morgan fingerprint density at radius 3 is 2.93 bits per heavy atom. The predicted molar refractivity (Wildman–Crippen MR) is 53.2 cm³/mol. The van der Waals surface area contributed by atoms with Gasteiger partial charge in [-0.15, -0.1) is 10.2 Å². The van der Waals surface area contributed by atoms with Crippen LogP contribution in [-0.2, 0) is 11.2 Å². The van der Waals surface area contributed by atoms with Crippen LogP contribution in [0.25, 0.3) is 0 Å². The Morgan fingerprint density at radius 1 is 1.33 bits per heavy atom. The molecule has 1 aromatic rings. The van der Waals surface area contributed by atoms with E-state index in [4.69, 9.17) is 4.74 Å².